The summed E-state index contributed by atoms with van der Waals surface area (Å²) in [5.74, 6) is 0. The van der Waals surface area contributed by atoms with Crippen molar-refractivity contribution in [2.24, 2.45) is 0 Å². The molecule has 1 aromatic heterocycles. The van der Waals surface area contributed by atoms with Gasteiger partial charge in [-0.05, 0) is 26.2 Å². The molecule has 2 heterocycles. The van der Waals surface area contributed by atoms with E-state index in [1.54, 1.807) is 6.92 Å². The largest absolute Gasteiger partial charge is 0.375 e. The van der Waals surface area contributed by atoms with Crippen molar-refractivity contribution in [1.82, 2.24) is 4.98 Å². The van der Waals surface area contributed by atoms with E-state index in [0.29, 0.717) is 23.6 Å². The Morgan fingerprint density at radius 3 is 2.89 bits per heavy atom. The zero-order valence-corrected chi connectivity index (χ0v) is 10.8. The average Bonchev–Trinajstić information content (AvgIpc) is 2.39. The summed E-state index contributed by atoms with van der Waals surface area (Å²) < 4.78 is 5.68. The number of pyridine rings is 1. The van der Waals surface area contributed by atoms with E-state index in [-0.39, 0.29) is 16.8 Å². The van der Waals surface area contributed by atoms with Crippen molar-refractivity contribution in [3.63, 3.8) is 0 Å². The van der Waals surface area contributed by atoms with Gasteiger partial charge in [-0.15, -0.1) is 0 Å². The molecule has 1 aromatic rings. The molecule has 1 atom stereocenters. The van der Waals surface area contributed by atoms with E-state index in [0.717, 1.165) is 19.3 Å². The quantitative estimate of drug-likeness (QED) is 0.572. The zero-order valence-electron chi connectivity index (χ0n) is 10.0. The standard InChI is InChI=1S/C13H12ClN3O/c1-8-12(16-2)11(9(7-15)13(14)17-8)10-5-3-4-6-18-10/h10H,3-6H2,1H3. The molecule has 0 aliphatic carbocycles. The molecule has 0 amide bonds. The highest BCUT2D eigenvalue weighted by Gasteiger charge is 2.26. The zero-order chi connectivity index (χ0) is 13.1. The smallest absolute Gasteiger partial charge is 0.215 e. The maximum atomic E-state index is 9.21. The number of aromatic nitrogens is 1. The van der Waals surface area contributed by atoms with Crippen LogP contribution < -0.4 is 0 Å². The minimum absolute atomic E-state index is 0.159. The Labute approximate surface area is 111 Å². The van der Waals surface area contributed by atoms with E-state index >= 15 is 0 Å². The van der Waals surface area contributed by atoms with Crippen LogP contribution in [0.4, 0.5) is 5.69 Å². The molecule has 0 N–H and O–H groups in total. The first-order valence-electron chi connectivity index (χ1n) is 5.78. The highest BCUT2D eigenvalue weighted by atomic mass is 35.5. The summed E-state index contributed by atoms with van der Waals surface area (Å²) in [5, 5.41) is 9.37. The van der Waals surface area contributed by atoms with Crippen molar-refractivity contribution in [1.29, 1.82) is 5.26 Å². The molecule has 1 fully saturated rings. The summed E-state index contributed by atoms with van der Waals surface area (Å²) in [4.78, 5) is 7.54. The monoisotopic (exact) mass is 261 g/mol. The fourth-order valence-electron chi connectivity index (χ4n) is 2.21. The van der Waals surface area contributed by atoms with Gasteiger partial charge in [-0.3, -0.25) is 4.98 Å². The first-order valence-corrected chi connectivity index (χ1v) is 6.16. The van der Waals surface area contributed by atoms with Crippen LogP contribution in [-0.4, -0.2) is 11.6 Å². The molecule has 18 heavy (non-hydrogen) atoms. The Morgan fingerprint density at radius 2 is 2.33 bits per heavy atom. The molecule has 1 unspecified atom stereocenters. The van der Waals surface area contributed by atoms with E-state index in [1.807, 2.05) is 6.07 Å². The third kappa shape index (κ3) is 2.18. The van der Waals surface area contributed by atoms with Crippen molar-refractivity contribution in [2.75, 3.05) is 6.61 Å². The molecule has 1 aliphatic rings. The van der Waals surface area contributed by atoms with Crippen molar-refractivity contribution in [2.45, 2.75) is 32.3 Å². The second-order valence-corrected chi connectivity index (χ2v) is 4.56. The van der Waals surface area contributed by atoms with Gasteiger partial charge in [0.1, 0.15) is 11.2 Å². The predicted octanol–water partition coefficient (Wildman–Crippen LogP) is 3.71. The fourth-order valence-corrected chi connectivity index (χ4v) is 2.48. The number of aryl methyl sites for hydroxylation is 1. The molecule has 0 spiro atoms. The van der Waals surface area contributed by atoms with Crippen molar-refractivity contribution in [3.8, 4) is 6.07 Å². The maximum absolute atomic E-state index is 9.21. The molecular formula is C13H12ClN3O. The lowest BCUT2D eigenvalue weighted by Gasteiger charge is -2.25. The van der Waals surface area contributed by atoms with Gasteiger partial charge in [-0.1, -0.05) is 11.6 Å². The molecule has 1 aliphatic heterocycles. The molecular weight excluding hydrogens is 250 g/mol. The SMILES string of the molecule is [C-]#[N+]c1c(C)nc(Cl)c(C#N)c1C1CCCCO1. The third-order valence-corrected chi connectivity index (χ3v) is 3.34. The van der Waals surface area contributed by atoms with Crippen LogP contribution in [0.2, 0.25) is 5.15 Å². The fraction of sp³-hybridized carbons (Fsp3) is 0.462. The number of rotatable bonds is 1. The minimum Gasteiger partial charge on any atom is -0.375 e. The molecule has 0 radical (unpaired) electrons. The Bertz CT molecular complexity index is 513. The normalized spacial score (nSPS) is 19.0. The van der Waals surface area contributed by atoms with Crippen molar-refractivity contribution < 1.29 is 4.74 Å². The summed E-state index contributed by atoms with van der Waals surface area (Å²) in [6.45, 7) is 9.65. The minimum atomic E-state index is -0.211. The highest BCUT2D eigenvalue weighted by molar-refractivity contribution is 6.30. The first-order chi connectivity index (χ1) is 8.69. The number of hydrogen-bond donors (Lipinski definition) is 0. The van der Waals surface area contributed by atoms with Gasteiger partial charge < -0.3 is 4.74 Å². The van der Waals surface area contributed by atoms with Gasteiger partial charge >= 0.3 is 0 Å². The summed E-state index contributed by atoms with van der Waals surface area (Å²) in [7, 11) is 0. The Kier molecular flexibility index (Phi) is 3.81. The van der Waals surface area contributed by atoms with Gasteiger partial charge in [0, 0.05) is 17.9 Å². The van der Waals surface area contributed by atoms with Crippen LogP contribution in [0.1, 0.15) is 42.2 Å². The number of nitrogens with zero attached hydrogens (tertiary/aromatic N) is 3. The summed E-state index contributed by atoms with van der Waals surface area (Å²) in [5.41, 5.74) is 1.85. The summed E-state index contributed by atoms with van der Waals surface area (Å²) in [6, 6.07) is 2.05. The second-order valence-electron chi connectivity index (χ2n) is 4.20. The van der Waals surface area contributed by atoms with Crippen LogP contribution >= 0.6 is 11.6 Å². The molecule has 2 rings (SSSR count). The van der Waals surface area contributed by atoms with Gasteiger partial charge in [0.2, 0.25) is 5.69 Å². The summed E-state index contributed by atoms with van der Waals surface area (Å²) in [6.07, 6.45) is 2.66. The van der Waals surface area contributed by atoms with E-state index in [4.69, 9.17) is 22.9 Å². The second kappa shape index (κ2) is 5.35. The lowest BCUT2D eigenvalue weighted by molar-refractivity contribution is 0.0152. The van der Waals surface area contributed by atoms with Gasteiger partial charge in [0.15, 0.2) is 0 Å². The number of ether oxygens (including phenoxy) is 1. The number of halogens is 1. The van der Waals surface area contributed by atoms with E-state index in [9.17, 15) is 5.26 Å². The van der Waals surface area contributed by atoms with Crippen LogP contribution in [0.15, 0.2) is 0 Å². The summed E-state index contributed by atoms with van der Waals surface area (Å²) >= 11 is 5.99. The predicted molar refractivity (Wildman–Crippen MR) is 67.5 cm³/mol. The van der Waals surface area contributed by atoms with Gasteiger partial charge in [0.25, 0.3) is 0 Å². The Morgan fingerprint density at radius 1 is 1.56 bits per heavy atom. The molecule has 1 saturated heterocycles. The molecule has 4 nitrogen and oxygen atoms in total. The van der Waals surface area contributed by atoms with Crippen LogP contribution in [0.5, 0.6) is 0 Å². The van der Waals surface area contributed by atoms with Crippen molar-refractivity contribution in [3.05, 3.63) is 33.4 Å². The lowest BCUT2D eigenvalue weighted by atomic mass is 9.96. The van der Waals surface area contributed by atoms with Crippen LogP contribution in [0.25, 0.3) is 4.85 Å². The molecule has 0 bridgehead atoms. The Hall–Kier alpha value is -1.62. The Balaban J connectivity index is 2.62. The molecule has 0 aromatic carbocycles. The average molecular weight is 262 g/mol. The molecule has 92 valence electrons. The van der Waals surface area contributed by atoms with Gasteiger partial charge in [-0.25, -0.2) is 4.85 Å². The first kappa shape index (κ1) is 12.8. The molecule has 5 heteroatoms. The van der Waals surface area contributed by atoms with Gasteiger partial charge in [-0.2, -0.15) is 5.26 Å². The van der Waals surface area contributed by atoms with E-state index < -0.39 is 0 Å². The maximum Gasteiger partial charge on any atom is 0.215 e. The van der Waals surface area contributed by atoms with E-state index in [2.05, 4.69) is 9.83 Å². The lowest BCUT2D eigenvalue weighted by Crippen LogP contribution is -2.14. The topological polar surface area (TPSA) is 50.3 Å². The van der Waals surface area contributed by atoms with Crippen molar-refractivity contribution >= 4 is 17.3 Å². The van der Waals surface area contributed by atoms with E-state index in [1.165, 1.54) is 0 Å². The van der Waals surface area contributed by atoms with Crippen LogP contribution in [0.3, 0.4) is 0 Å². The highest BCUT2D eigenvalue weighted by Crippen LogP contribution is 2.39. The van der Waals surface area contributed by atoms with Crippen LogP contribution in [-0.2, 0) is 4.74 Å². The van der Waals surface area contributed by atoms with Crippen LogP contribution in [0, 0.1) is 24.8 Å². The third-order valence-electron chi connectivity index (χ3n) is 3.06. The molecule has 0 saturated carbocycles. The number of nitriles is 1. The van der Waals surface area contributed by atoms with Gasteiger partial charge in [0.05, 0.1) is 18.2 Å². The number of hydrogen-bond acceptors (Lipinski definition) is 3.